The molecule has 0 bridgehead atoms. The van der Waals surface area contributed by atoms with Crippen LogP contribution in [0.4, 0.5) is 5.69 Å². The van der Waals surface area contributed by atoms with Gasteiger partial charge in [0.2, 0.25) is 0 Å². The molecular weight excluding hydrogens is 398 g/mol. The molecular formula is C20H28ClN3O3S. The number of carbonyl (C=O) groups excluding carboxylic acids is 1. The fraction of sp³-hybridized carbons (Fsp3) is 0.350. The molecule has 0 spiro atoms. The van der Waals surface area contributed by atoms with E-state index in [0.717, 1.165) is 6.42 Å². The molecule has 8 heteroatoms. The Bertz CT molecular complexity index is 856. The first kappa shape index (κ1) is 23.9. The number of benzene rings is 2. The van der Waals surface area contributed by atoms with Crippen LogP contribution in [0.15, 0.2) is 59.5 Å². The van der Waals surface area contributed by atoms with Crippen LogP contribution in [0, 0.1) is 5.92 Å². The van der Waals surface area contributed by atoms with E-state index in [2.05, 4.69) is 18.6 Å². The summed E-state index contributed by atoms with van der Waals surface area (Å²) in [6.45, 7) is 4.68. The van der Waals surface area contributed by atoms with E-state index in [0.29, 0.717) is 23.7 Å². The Morgan fingerprint density at radius 3 is 2.18 bits per heavy atom. The van der Waals surface area contributed by atoms with E-state index in [4.69, 9.17) is 5.73 Å². The molecule has 1 amide bonds. The molecule has 2 rings (SSSR count). The third-order valence-corrected chi connectivity index (χ3v) is 5.84. The van der Waals surface area contributed by atoms with Gasteiger partial charge in [0.05, 0.1) is 4.90 Å². The van der Waals surface area contributed by atoms with Gasteiger partial charge in [0.25, 0.3) is 15.9 Å². The van der Waals surface area contributed by atoms with Crippen molar-refractivity contribution in [2.75, 3.05) is 18.3 Å². The number of carbonyl (C=O) groups is 1. The second-order valence-corrected chi connectivity index (χ2v) is 8.60. The third-order valence-electron chi connectivity index (χ3n) is 4.44. The number of halogens is 1. The zero-order valence-corrected chi connectivity index (χ0v) is 18.0. The smallest absolute Gasteiger partial charge is 0.261 e. The summed E-state index contributed by atoms with van der Waals surface area (Å²) in [4.78, 5) is 14.3. The zero-order valence-electron chi connectivity index (χ0n) is 16.3. The Balaban J connectivity index is 0.00000392. The molecule has 2 aromatic carbocycles. The second-order valence-electron chi connectivity index (χ2n) is 6.92. The van der Waals surface area contributed by atoms with E-state index in [-0.39, 0.29) is 29.3 Å². The zero-order chi connectivity index (χ0) is 20.0. The van der Waals surface area contributed by atoms with Crippen molar-refractivity contribution in [2.45, 2.75) is 31.2 Å². The van der Waals surface area contributed by atoms with Crippen LogP contribution in [0.25, 0.3) is 0 Å². The Morgan fingerprint density at radius 1 is 1.07 bits per heavy atom. The molecule has 0 heterocycles. The van der Waals surface area contributed by atoms with Gasteiger partial charge in [-0.25, -0.2) is 8.42 Å². The van der Waals surface area contributed by atoms with Gasteiger partial charge in [0.15, 0.2) is 0 Å². The van der Waals surface area contributed by atoms with Crippen molar-refractivity contribution in [1.82, 2.24) is 4.90 Å². The molecule has 28 heavy (non-hydrogen) atoms. The Kier molecular flexibility index (Phi) is 8.94. The number of hydrogen-bond donors (Lipinski definition) is 2. The van der Waals surface area contributed by atoms with Crippen molar-refractivity contribution in [2.24, 2.45) is 11.7 Å². The molecule has 0 radical (unpaired) electrons. The van der Waals surface area contributed by atoms with Crippen LogP contribution in [0.2, 0.25) is 0 Å². The largest absolute Gasteiger partial charge is 0.342 e. The lowest BCUT2D eigenvalue weighted by atomic mass is 10.0. The van der Waals surface area contributed by atoms with E-state index in [1.54, 1.807) is 54.4 Å². The van der Waals surface area contributed by atoms with Gasteiger partial charge in [-0.15, -0.1) is 12.4 Å². The normalized spacial score (nSPS) is 12.2. The van der Waals surface area contributed by atoms with Crippen LogP contribution in [0.1, 0.15) is 30.6 Å². The Morgan fingerprint density at radius 2 is 1.64 bits per heavy atom. The first-order chi connectivity index (χ1) is 12.7. The number of rotatable bonds is 8. The average molecular weight is 426 g/mol. The summed E-state index contributed by atoms with van der Waals surface area (Å²) >= 11 is 0. The molecule has 0 aliphatic rings. The number of anilines is 1. The molecule has 6 nitrogen and oxygen atoms in total. The minimum absolute atomic E-state index is 0. The van der Waals surface area contributed by atoms with Crippen molar-refractivity contribution >= 4 is 34.0 Å². The Labute approximate surface area is 173 Å². The average Bonchev–Trinajstić information content (AvgIpc) is 2.66. The molecule has 0 aromatic heterocycles. The predicted molar refractivity (Wildman–Crippen MR) is 115 cm³/mol. The lowest BCUT2D eigenvalue weighted by Crippen LogP contribution is -2.34. The van der Waals surface area contributed by atoms with Crippen LogP contribution in [0.3, 0.4) is 0 Å². The summed E-state index contributed by atoms with van der Waals surface area (Å²) in [7, 11) is -1.91. The highest BCUT2D eigenvalue weighted by molar-refractivity contribution is 7.92. The molecule has 0 saturated heterocycles. The van der Waals surface area contributed by atoms with E-state index >= 15 is 0 Å². The number of hydrogen-bond acceptors (Lipinski definition) is 4. The van der Waals surface area contributed by atoms with Gasteiger partial charge in [0.1, 0.15) is 0 Å². The first-order valence-corrected chi connectivity index (χ1v) is 10.4. The number of sulfonamides is 1. The van der Waals surface area contributed by atoms with Gasteiger partial charge < -0.3 is 10.6 Å². The Hall–Kier alpha value is -2.09. The van der Waals surface area contributed by atoms with Crippen molar-refractivity contribution in [3.8, 4) is 0 Å². The first-order valence-electron chi connectivity index (χ1n) is 8.89. The quantitative estimate of drug-likeness (QED) is 0.678. The van der Waals surface area contributed by atoms with E-state index in [9.17, 15) is 13.2 Å². The van der Waals surface area contributed by atoms with Gasteiger partial charge in [-0.1, -0.05) is 32.0 Å². The minimum Gasteiger partial charge on any atom is -0.342 e. The van der Waals surface area contributed by atoms with Crippen LogP contribution in [0.5, 0.6) is 0 Å². The number of nitrogens with one attached hydrogen (secondary N) is 1. The highest BCUT2D eigenvalue weighted by Crippen LogP contribution is 2.17. The molecule has 1 atom stereocenters. The molecule has 3 N–H and O–H groups in total. The monoisotopic (exact) mass is 425 g/mol. The van der Waals surface area contributed by atoms with E-state index in [1.807, 2.05) is 0 Å². The van der Waals surface area contributed by atoms with Crippen LogP contribution in [-0.4, -0.2) is 38.9 Å². The van der Waals surface area contributed by atoms with Gasteiger partial charge in [0, 0.05) is 30.9 Å². The predicted octanol–water partition coefficient (Wildman–Crippen LogP) is 3.35. The second kappa shape index (κ2) is 10.5. The number of amides is 1. The van der Waals surface area contributed by atoms with Crippen LogP contribution < -0.4 is 10.5 Å². The maximum Gasteiger partial charge on any atom is 0.261 e. The molecule has 2 aromatic rings. The van der Waals surface area contributed by atoms with Gasteiger partial charge in [-0.2, -0.15) is 0 Å². The topological polar surface area (TPSA) is 92.5 Å². The summed E-state index contributed by atoms with van der Waals surface area (Å²) < 4.78 is 27.2. The van der Waals surface area contributed by atoms with Crippen molar-refractivity contribution in [3.63, 3.8) is 0 Å². The van der Waals surface area contributed by atoms with Crippen LogP contribution in [-0.2, 0) is 10.0 Å². The van der Waals surface area contributed by atoms with Crippen molar-refractivity contribution in [3.05, 3.63) is 60.2 Å². The molecule has 0 saturated carbocycles. The molecule has 1 unspecified atom stereocenters. The fourth-order valence-electron chi connectivity index (χ4n) is 2.49. The van der Waals surface area contributed by atoms with E-state index in [1.165, 1.54) is 12.1 Å². The number of nitrogens with zero attached hydrogens (tertiary/aromatic N) is 1. The summed E-state index contributed by atoms with van der Waals surface area (Å²) in [6.07, 6.45) is 0.731. The lowest BCUT2D eigenvalue weighted by molar-refractivity contribution is 0.0789. The van der Waals surface area contributed by atoms with Gasteiger partial charge >= 0.3 is 0 Å². The standard InChI is InChI=1S/C20H27N3O3S.ClH/c1-15(2)19(21)13-14-23(3)20(24)16-9-11-17(12-10-16)22-27(25,26)18-7-5-4-6-8-18;/h4-12,15,19,22H,13-14,21H2,1-3H3;1H. The highest BCUT2D eigenvalue weighted by atomic mass is 35.5. The fourth-order valence-corrected chi connectivity index (χ4v) is 3.57. The summed E-state index contributed by atoms with van der Waals surface area (Å²) in [5.74, 6) is 0.244. The maximum atomic E-state index is 12.5. The summed E-state index contributed by atoms with van der Waals surface area (Å²) in [5, 5.41) is 0. The number of nitrogens with two attached hydrogens (primary N) is 1. The third kappa shape index (κ3) is 6.51. The lowest BCUT2D eigenvalue weighted by Gasteiger charge is -2.21. The summed E-state index contributed by atoms with van der Waals surface area (Å²) in [6, 6.07) is 14.6. The van der Waals surface area contributed by atoms with E-state index < -0.39 is 10.0 Å². The molecule has 0 fully saturated rings. The van der Waals surface area contributed by atoms with Gasteiger partial charge in [-0.05, 0) is 48.7 Å². The molecule has 154 valence electrons. The minimum atomic E-state index is -3.65. The van der Waals surface area contributed by atoms with Crippen LogP contribution >= 0.6 is 12.4 Å². The van der Waals surface area contributed by atoms with Crippen molar-refractivity contribution < 1.29 is 13.2 Å². The van der Waals surface area contributed by atoms with Crippen molar-refractivity contribution in [1.29, 1.82) is 0 Å². The van der Waals surface area contributed by atoms with Gasteiger partial charge in [-0.3, -0.25) is 9.52 Å². The molecule has 0 aliphatic heterocycles. The maximum absolute atomic E-state index is 12.5. The SMILES string of the molecule is CC(C)C(N)CCN(C)C(=O)c1ccc(NS(=O)(=O)c2ccccc2)cc1.Cl. The molecule has 0 aliphatic carbocycles. The highest BCUT2D eigenvalue weighted by Gasteiger charge is 2.16. The summed E-state index contributed by atoms with van der Waals surface area (Å²) in [5.41, 5.74) is 6.93.